The molecule has 0 N–H and O–H groups in total. The minimum atomic E-state index is 0.227. The standard InChI is InChI=1S/C28H41N/c1-26(2,3)24-14-10-22(11-15-24)8-9-23-12-16-25(17-13-23)28(27(4,5)6)18-20-29(7)21-19-28/h10-17H,8-9,18-21H2,1-7H3. The summed E-state index contributed by atoms with van der Waals surface area (Å²) in [4.78, 5) is 2.48. The number of nitrogens with zero attached hydrogens (tertiary/aromatic N) is 1. The van der Waals surface area contributed by atoms with Crippen LogP contribution in [0, 0.1) is 5.41 Å². The summed E-state index contributed by atoms with van der Waals surface area (Å²) in [6.45, 7) is 16.5. The number of hydrogen-bond acceptors (Lipinski definition) is 1. The van der Waals surface area contributed by atoms with E-state index in [1.54, 1.807) is 0 Å². The first kappa shape index (κ1) is 22.1. The Labute approximate surface area is 179 Å². The lowest BCUT2D eigenvalue weighted by Gasteiger charge is -2.50. The van der Waals surface area contributed by atoms with E-state index in [2.05, 4.69) is 102 Å². The molecule has 29 heavy (non-hydrogen) atoms. The SMILES string of the molecule is CN1CCC(c2ccc(CCc3ccc(C(C)(C)C)cc3)cc2)(C(C)(C)C)CC1. The van der Waals surface area contributed by atoms with Crippen LogP contribution >= 0.6 is 0 Å². The zero-order valence-corrected chi connectivity index (χ0v) is 19.8. The van der Waals surface area contributed by atoms with Crippen molar-refractivity contribution in [3.05, 3.63) is 70.8 Å². The second kappa shape index (κ2) is 8.26. The molecule has 1 fully saturated rings. The van der Waals surface area contributed by atoms with Crippen LogP contribution < -0.4 is 0 Å². The van der Waals surface area contributed by atoms with Gasteiger partial charge in [0.1, 0.15) is 0 Å². The van der Waals surface area contributed by atoms with Crippen molar-refractivity contribution in [1.29, 1.82) is 0 Å². The number of likely N-dealkylation sites (tertiary alicyclic amines) is 1. The van der Waals surface area contributed by atoms with Crippen LogP contribution in [0.2, 0.25) is 0 Å². The highest BCUT2D eigenvalue weighted by Crippen LogP contribution is 2.48. The van der Waals surface area contributed by atoms with Crippen LogP contribution in [0.25, 0.3) is 0 Å². The van der Waals surface area contributed by atoms with Gasteiger partial charge in [0.05, 0.1) is 0 Å². The van der Waals surface area contributed by atoms with E-state index >= 15 is 0 Å². The first-order valence-electron chi connectivity index (χ1n) is 11.4. The van der Waals surface area contributed by atoms with Gasteiger partial charge in [0.15, 0.2) is 0 Å². The molecule has 0 aliphatic carbocycles. The van der Waals surface area contributed by atoms with Gasteiger partial charge in [-0.25, -0.2) is 0 Å². The Kier molecular flexibility index (Phi) is 6.30. The first-order valence-corrected chi connectivity index (χ1v) is 11.4. The van der Waals surface area contributed by atoms with Crippen molar-refractivity contribution in [2.45, 2.75) is 78.1 Å². The van der Waals surface area contributed by atoms with E-state index < -0.39 is 0 Å². The Bertz CT molecular complexity index is 776. The zero-order valence-electron chi connectivity index (χ0n) is 19.8. The lowest BCUT2D eigenvalue weighted by molar-refractivity contribution is 0.0865. The highest BCUT2D eigenvalue weighted by molar-refractivity contribution is 5.33. The molecule has 2 aromatic rings. The van der Waals surface area contributed by atoms with Crippen LogP contribution in [0.1, 0.15) is 76.6 Å². The van der Waals surface area contributed by atoms with Crippen LogP contribution in [-0.2, 0) is 23.7 Å². The summed E-state index contributed by atoms with van der Waals surface area (Å²) in [5.74, 6) is 0. The van der Waals surface area contributed by atoms with E-state index in [4.69, 9.17) is 0 Å². The third-order valence-electron chi connectivity index (χ3n) is 7.31. The van der Waals surface area contributed by atoms with Gasteiger partial charge in [-0.15, -0.1) is 0 Å². The Morgan fingerprint density at radius 1 is 0.724 bits per heavy atom. The summed E-state index contributed by atoms with van der Waals surface area (Å²) in [5, 5.41) is 0. The average Bonchev–Trinajstić information content (AvgIpc) is 2.66. The summed E-state index contributed by atoms with van der Waals surface area (Å²) in [5.41, 5.74) is 6.64. The van der Waals surface area contributed by atoms with Gasteiger partial charge >= 0.3 is 0 Å². The van der Waals surface area contributed by atoms with Crippen molar-refractivity contribution in [1.82, 2.24) is 4.90 Å². The molecule has 0 amide bonds. The Balaban J connectivity index is 1.69. The third kappa shape index (κ3) is 4.94. The minimum Gasteiger partial charge on any atom is -0.306 e. The van der Waals surface area contributed by atoms with E-state index in [0.717, 1.165) is 12.8 Å². The van der Waals surface area contributed by atoms with E-state index in [-0.39, 0.29) is 10.8 Å². The van der Waals surface area contributed by atoms with Gasteiger partial charge in [0.2, 0.25) is 0 Å². The fraction of sp³-hybridized carbons (Fsp3) is 0.571. The van der Waals surface area contributed by atoms with Gasteiger partial charge < -0.3 is 4.90 Å². The van der Waals surface area contributed by atoms with Gasteiger partial charge in [0, 0.05) is 5.41 Å². The maximum absolute atomic E-state index is 2.48. The number of rotatable bonds is 4. The van der Waals surface area contributed by atoms with E-state index in [0.29, 0.717) is 5.41 Å². The van der Waals surface area contributed by atoms with E-state index in [1.807, 2.05) is 0 Å². The topological polar surface area (TPSA) is 3.24 Å². The highest BCUT2D eigenvalue weighted by atomic mass is 15.1. The second-order valence-electron chi connectivity index (χ2n) is 11.3. The van der Waals surface area contributed by atoms with Crippen LogP contribution in [0.4, 0.5) is 0 Å². The molecule has 2 aromatic carbocycles. The molecule has 0 atom stereocenters. The molecule has 0 aromatic heterocycles. The zero-order chi connectivity index (χ0) is 21.3. The summed E-state index contributed by atoms with van der Waals surface area (Å²) in [7, 11) is 2.25. The smallest absolute Gasteiger partial charge is 0.00257 e. The minimum absolute atomic E-state index is 0.227. The normalized spacial score (nSPS) is 18.0. The third-order valence-corrected chi connectivity index (χ3v) is 7.31. The van der Waals surface area contributed by atoms with Gasteiger partial charge in [-0.05, 0) is 78.9 Å². The maximum atomic E-state index is 2.48. The second-order valence-corrected chi connectivity index (χ2v) is 11.3. The molecule has 1 nitrogen and oxygen atoms in total. The number of benzene rings is 2. The molecular formula is C28H41N. The molecule has 3 rings (SSSR count). The summed E-state index contributed by atoms with van der Waals surface area (Å²) >= 11 is 0. The summed E-state index contributed by atoms with van der Waals surface area (Å²) < 4.78 is 0. The van der Waals surface area contributed by atoms with Crippen molar-refractivity contribution in [2.75, 3.05) is 20.1 Å². The van der Waals surface area contributed by atoms with E-state index in [1.165, 1.54) is 48.2 Å². The molecule has 0 saturated carbocycles. The molecule has 158 valence electrons. The molecule has 1 aliphatic rings. The number of piperidine rings is 1. The molecule has 1 heteroatoms. The fourth-order valence-corrected chi connectivity index (χ4v) is 4.92. The molecule has 0 bridgehead atoms. The van der Waals surface area contributed by atoms with Crippen molar-refractivity contribution in [2.24, 2.45) is 5.41 Å². The van der Waals surface area contributed by atoms with Crippen molar-refractivity contribution < 1.29 is 0 Å². The van der Waals surface area contributed by atoms with Crippen LogP contribution in [0.15, 0.2) is 48.5 Å². The molecular weight excluding hydrogens is 350 g/mol. The predicted octanol–water partition coefficient (Wildman–Crippen LogP) is 6.78. The van der Waals surface area contributed by atoms with Gasteiger partial charge in [-0.2, -0.15) is 0 Å². The average molecular weight is 392 g/mol. The Morgan fingerprint density at radius 2 is 1.17 bits per heavy atom. The maximum Gasteiger partial charge on any atom is 0.00257 e. The number of hydrogen-bond donors (Lipinski definition) is 0. The molecule has 0 spiro atoms. The van der Waals surface area contributed by atoms with Crippen LogP contribution in [-0.4, -0.2) is 25.0 Å². The van der Waals surface area contributed by atoms with Crippen molar-refractivity contribution >= 4 is 0 Å². The molecule has 0 unspecified atom stereocenters. The fourth-order valence-electron chi connectivity index (χ4n) is 4.92. The predicted molar refractivity (Wildman–Crippen MR) is 127 cm³/mol. The lowest BCUT2D eigenvalue weighted by atomic mass is 9.58. The quantitative estimate of drug-likeness (QED) is 0.555. The van der Waals surface area contributed by atoms with Gasteiger partial charge in [-0.1, -0.05) is 90.1 Å². The van der Waals surface area contributed by atoms with Crippen molar-refractivity contribution in [3.8, 4) is 0 Å². The Morgan fingerprint density at radius 3 is 1.59 bits per heavy atom. The lowest BCUT2D eigenvalue weighted by Crippen LogP contribution is -2.48. The van der Waals surface area contributed by atoms with Crippen molar-refractivity contribution in [3.63, 3.8) is 0 Å². The van der Waals surface area contributed by atoms with Gasteiger partial charge in [0.25, 0.3) is 0 Å². The monoisotopic (exact) mass is 391 g/mol. The highest BCUT2D eigenvalue weighted by Gasteiger charge is 2.44. The number of aryl methyl sites for hydroxylation is 2. The van der Waals surface area contributed by atoms with Gasteiger partial charge in [-0.3, -0.25) is 0 Å². The van der Waals surface area contributed by atoms with Crippen LogP contribution in [0.3, 0.4) is 0 Å². The largest absolute Gasteiger partial charge is 0.306 e. The Hall–Kier alpha value is -1.60. The molecule has 1 heterocycles. The summed E-state index contributed by atoms with van der Waals surface area (Å²) in [6, 6.07) is 18.8. The molecule has 1 saturated heterocycles. The first-order chi connectivity index (χ1) is 13.5. The van der Waals surface area contributed by atoms with Crippen LogP contribution in [0.5, 0.6) is 0 Å². The molecule has 0 radical (unpaired) electrons. The van der Waals surface area contributed by atoms with E-state index in [9.17, 15) is 0 Å². The molecule has 1 aliphatic heterocycles. The summed E-state index contributed by atoms with van der Waals surface area (Å²) in [6.07, 6.45) is 4.73.